The highest BCUT2D eigenvalue weighted by Crippen LogP contribution is 2.29. The quantitative estimate of drug-likeness (QED) is 0.836. The molecule has 0 unspecified atom stereocenters. The summed E-state index contributed by atoms with van der Waals surface area (Å²) >= 11 is 4.78. The summed E-state index contributed by atoms with van der Waals surface area (Å²) in [6, 6.07) is 1.46. The number of hydrogen-bond donors (Lipinski definition) is 1. The van der Waals surface area contributed by atoms with Crippen molar-refractivity contribution in [1.29, 1.82) is 0 Å². The first-order valence-corrected chi connectivity index (χ1v) is 5.04. The van der Waals surface area contributed by atoms with E-state index in [0.29, 0.717) is 11.8 Å². The third kappa shape index (κ3) is 2.30. The van der Waals surface area contributed by atoms with Crippen LogP contribution in [0.5, 0.6) is 0 Å². The average Bonchev–Trinajstić information content (AvgIpc) is 2.77. The van der Waals surface area contributed by atoms with Crippen molar-refractivity contribution in [3.8, 4) is 5.82 Å². The molecule has 2 heterocycles. The number of aromatic nitrogens is 4. The van der Waals surface area contributed by atoms with E-state index >= 15 is 0 Å². The number of hydrogen-bond acceptors (Lipinski definition) is 4. The molecule has 0 amide bonds. The Morgan fingerprint density at radius 2 is 2.11 bits per heavy atom. The molecule has 0 aliphatic heterocycles. The first kappa shape index (κ1) is 12.4. The Morgan fingerprint density at radius 1 is 1.39 bits per heavy atom. The Kier molecular flexibility index (Phi) is 2.99. The topological polar surface area (TPSA) is 69.6 Å². The zero-order valence-electron chi connectivity index (χ0n) is 8.72. The van der Waals surface area contributed by atoms with Gasteiger partial charge in [-0.3, -0.25) is 0 Å². The van der Waals surface area contributed by atoms with Gasteiger partial charge in [0.1, 0.15) is 4.99 Å². The molecule has 0 aliphatic carbocycles. The monoisotopic (exact) mass is 273 g/mol. The Hall–Kier alpha value is -2.03. The Bertz CT molecular complexity index is 592. The van der Waals surface area contributed by atoms with Crippen molar-refractivity contribution in [1.82, 2.24) is 20.0 Å². The van der Waals surface area contributed by atoms with Gasteiger partial charge in [-0.2, -0.15) is 23.4 Å². The summed E-state index contributed by atoms with van der Waals surface area (Å²) in [6.07, 6.45) is -1.64. The molecule has 2 aromatic rings. The molecule has 0 radical (unpaired) electrons. The first-order valence-electron chi connectivity index (χ1n) is 4.63. The van der Waals surface area contributed by atoms with Gasteiger partial charge in [-0.25, -0.2) is 4.68 Å². The van der Waals surface area contributed by atoms with Crippen molar-refractivity contribution in [2.45, 2.75) is 6.18 Å². The SMILES string of the molecule is NC(=S)c1ccnnc1-n1cc(C(F)(F)F)cn1. The van der Waals surface area contributed by atoms with E-state index in [4.69, 9.17) is 18.0 Å². The van der Waals surface area contributed by atoms with Gasteiger partial charge >= 0.3 is 6.18 Å². The lowest BCUT2D eigenvalue weighted by Crippen LogP contribution is -2.15. The predicted octanol–water partition coefficient (Wildman–Crippen LogP) is 1.32. The van der Waals surface area contributed by atoms with E-state index in [-0.39, 0.29) is 10.8 Å². The van der Waals surface area contributed by atoms with E-state index in [0.717, 1.165) is 10.9 Å². The van der Waals surface area contributed by atoms with E-state index in [1.807, 2.05) is 0 Å². The summed E-state index contributed by atoms with van der Waals surface area (Å²) in [6.45, 7) is 0. The predicted molar refractivity (Wildman–Crippen MR) is 60.0 cm³/mol. The molecule has 0 aromatic carbocycles. The second-order valence-electron chi connectivity index (χ2n) is 3.30. The summed E-state index contributed by atoms with van der Waals surface area (Å²) in [5.74, 6) is 0.0560. The number of nitrogens with zero attached hydrogens (tertiary/aromatic N) is 4. The van der Waals surface area contributed by atoms with Gasteiger partial charge in [0.25, 0.3) is 0 Å². The van der Waals surface area contributed by atoms with E-state index in [1.165, 1.54) is 12.3 Å². The lowest BCUT2D eigenvalue weighted by Gasteiger charge is -2.05. The standard InChI is InChI=1S/C9H6F3N5S/c10-9(11,12)5-3-15-17(4-5)8-6(7(13)18)1-2-14-16-8/h1-4H,(H2,13,18). The van der Waals surface area contributed by atoms with E-state index in [1.54, 1.807) is 0 Å². The molecule has 0 spiro atoms. The molecule has 0 fully saturated rings. The normalized spacial score (nSPS) is 11.5. The lowest BCUT2D eigenvalue weighted by atomic mass is 10.3. The van der Waals surface area contributed by atoms with Crippen LogP contribution in [0.2, 0.25) is 0 Å². The molecule has 18 heavy (non-hydrogen) atoms. The minimum absolute atomic E-state index is 0.00367. The molecule has 2 rings (SSSR count). The molecule has 94 valence electrons. The zero-order valence-corrected chi connectivity index (χ0v) is 9.53. The second-order valence-corrected chi connectivity index (χ2v) is 3.74. The van der Waals surface area contributed by atoms with E-state index in [9.17, 15) is 13.2 Å². The smallest absolute Gasteiger partial charge is 0.389 e. The van der Waals surface area contributed by atoms with Gasteiger partial charge in [0.15, 0.2) is 5.82 Å². The Morgan fingerprint density at radius 3 is 2.67 bits per heavy atom. The molecule has 0 saturated carbocycles. The summed E-state index contributed by atoms with van der Waals surface area (Å²) in [5.41, 5.74) is 4.86. The molecule has 0 atom stereocenters. The first-order chi connectivity index (χ1) is 8.39. The zero-order chi connectivity index (χ0) is 13.3. The highest BCUT2D eigenvalue weighted by Gasteiger charge is 2.32. The van der Waals surface area contributed by atoms with Gasteiger partial charge in [-0.15, -0.1) is 5.10 Å². The number of halogens is 3. The van der Waals surface area contributed by atoms with Crippen LogP contribution in [0.3, 0.4) is 0 Å². The van der Waals surface area contributed by atoms with Crippen molar-refractivity contribution in [2.75, 3.05) is 0 Å². The molecule has 0 aliphatic rings. The minimum atomic E-state index is -4.47. The molecule has 9 heteroatoms. The molecule has 5 nitrogen and oxygen atoms in total. The Labute approximate surface area is 104 Å². The van der Waals surface area contributed by atoms with Gasteiger partial charge in [0.05, 0.1) is 23.5 Å². The van der Waals surface area contributed by atoms with Crippen molar-refractivity contribution >= 4 is 17.2 Å². The maximum atomic E-state index is 12.4. The fourth-order valence-electron chi connectivity index (χ4n) is 1.27. The number of rotatable bonds is 2. The fraction of sp³-hybridized carbons (Fsp3) is 0.111. The highest BCUT2D eigenvalue weighted by molar-refractivity contribution is 7.80. The van der Waals surface area contributed by atoms with Crippen LogP contribution >= 0.6 is 12.2 Å². The van der Waals surface area contributed by atoms with Crippen LogP contribution in [0.4, 0.5) is 13.2 Å². The van der Waals surface area contributed by atoms with Gasteiger partial charge in [-0.1, -0.05) is 12.2 Å². The number of thiocarbonyl (C=S) groups is 1. The van der Waals surface area contributed by atoms with E-state index < -0.39 is 11.7 Å². The van der Waals surface area contributed by atoms with Crippen molar-refractivity contribution in [3.05, 3.63) is 35.8 Å². The van der Waals surface area contributed by atoms with Gasteiger partial charge in [0, 0.05) is 6.20 Å². The molecule has 0 bridgehead atoms. The van der Waals surface area contributed by atoms with Crippen molar-refractivity contribution in [2.24, 2.45) is 5.73 Å². The second kappa shape index (κ2) is 4.33. The van der Waals surface area contributed by atoms with Gasteiger partial charge in [-0.05, 0) is 6.07 Å². The summed E-state index contributed by atoms with van der Waals surface area (Å²) in [7, 11) is 0. The Balaban J connectivity index is 2.50. The molecule has 2 N–H and O–H groups in total. The van der Waals surface area contributed by atoms with Crippen LogP contribution in [0.25, 0.3) is 5.82 Å². The lowest BCUT2D eigenvalue weighted by molar-refractivity contribution is -0.137. The van der Waals surface area contributed by atoms with Gasteiger partial charge < -0.3 is 5.73 Å². The van der Waals surface area contributed by atoms with Crippen LogP contribution in [0.1, 0.15) is 11.1 Å². The molecular formula is C9H6F3N5S. The maximum Gasteiger partial charge on any atom is 0.419 e. The average molecular weight is 273 g/mol. The largest absolute Gasteiger partial charge is 0.419 e. The highest BCUT2D eigenvalue weighted by atomic mass is 32.1. The maximum absolute atomic E-state index is 12.4. The summed E-state index contributed by atoms with van der Waals surface area (Å²) < 4.78 is 38.2. The van der Waals surface area contributed by atoms with Crippen LogP contribution in [-0.4, -0.2) is 25.0 Å². The summed E-state index contributed by atoms with van der Waals surface area (Å²) in [5, 5.41) is 10.8. The van der Waals surface area contributed by atoms with Crippen molar-refractivity contribution < 1.29 is 13.2 Å². The fourth-order valence-corrected chi connectivity index (χ4v) is 1.43. The molecule has 0 saturated heterocycles. The third-order valence-electron chi connectivity index (χ3n) is 2.09. The van der Waals surface area contributed by atoms with Crippen LogP contribution in [0, 0.1) is 0 Å². The van der Waals surface area contributed by atoms with E-state index in [2.05, 4.69) is 15.3 Å². The van der Waals surface area contributed by atoms with Crippen LogP contribution in [0.15, 0.2) is 24.7 Å². The third-order valence-corrected chi connectivity index (χ3v) is 2.31. The minimum Gasteiger partial charge on any atom is -0.389 e. The number of alkyl halides is 3. The molecule has 2 aromatic heterocycles. The van der Waals surface area contributed by atoms with Crippen LogP contribution < -0.4 is 5.73 Å². The molecular weight excluding hydrogens is 267 g/mol. The van der Waals surface area contributed by atoms with Crippen molar-refractivity contribution in [3.63, 3.8) is 0 Å². The summed E-state index contributed by atoms with van der Waals surface area (Å²) in [4.78, 5) is 0.00367. The van der Waals surface area contributed by atoms with Gasteiger partial charge in [0.2, 0.25) is 0 Å². The van der Waals surface area contributed by atoms with Crippen LogP contribution in [-0.2, 0) is 6.18 Å². The number of nitrogens with two attached hydrogens (primary N) is 1.